The van der Waals surface area contributed by atoms with Crippen molar-refractivity contribution in [1.82, 2.24) is 5.32 Å². The second-order valence-corrected chi connectivity index (χ2v) is 1.67. The molecule has 1 atom stereocenters. The van der Waals surface area contributed by atoms with E-state index in [0.29, 0.717) is 0 Å². The van der Waals surface area contributed by atoms with Crippen molar-refractivity contribution in [1.29, 1.82) is 0 Å². The molecule has 1 unspecified atom stereocenters. The number of hydrogen-bond acceptors (Lipinski definition) is 2. The Kier molecular flexibility index (Phi) is 3.67. The topological polar surface area (TPSA) is 21.3 Å². The molecular formula is C5H10F3NO. The minimum absolute atomic E-state index is 0.0466. The van der Waals surface area contributed by atoms with Crippen LogP contribution in [-0.4, -0.2) is 26.1 Å². The molecule has 10 heavy (non-hydrogen) atoms. The van der Waals surface area contributed by atoms with Gasteiger partial charge in [0.05, 0.1) is 0 Å². The van der Waals surface area contributed by atoms with Crippen molar-refractivity contribution in [3.63, 3.8) is 0 Å². The molecule has 0 aliphatic rings. The van der Waals surface area contributed by atoms with Gasteiger partial charge in [0.25, 0.3) is 0 Å². The maximum atomic E-state index is 11.7. The van der Waals surface area contributed by atoms with Crippen LogP contribution in [0.4, 0.5) is 13.2 Å². The minimum Gasteiger partial charge on any atom is -0.354 e. The Labute approximate surface area is 57.4 Å². The molecule has 0 amide bonds. The van der Waals surface area contributed by atoms with Crippen LogP contribution in [-0.2, 0) is 4.74 Å². The molecule has 0 fully saturated rings. The third kappa shape index (κ3) is 3.03. The Balaban J connectivity index is 3.81. The summed E-state index contributed by atoms with van der Waals surface area (Å²) in [4.78, 5) is 0. The molecule has 0 aliphatic carbocycles. The van der Waals surface area contributed by atoms with Gasteiger partial charge in [-0.05, 0) is 14.0 Å². The zero-order chi connectivity index (χ0) is 8.20. The van der Waals surface area contributed by atoms with Gasteiger partial charge in [-0.25, -0.2) is 0 Å². The molecule has 5 heteroatoms. The molecule has 0 rings (SSSR count). The summed E-state index contributed by atoms with van der Waals surface area (Å²) >= 11 is 0. The first kappa shape index (κ1) is 9.71. The fourth-order valence-corrected chi connectivity index (χ4v) is 0.508. The predicted octanol–water partition coefficient (Wildman–Crippen LogP) is 1.13. The molecule has 1 N–H and O–H groups in total. The first-order valence-corrected chi connectivity index (χ1v) is 2.88. The predicted molar refractivity (Wildman–Crippen MR) is 30.5 cm³/mol. The highest BCUT2D eigenvalue weighted by Crippen LogP contribution is 2.20. The lowest BCUT2D eigenvalue weighted by Crippen LogP contribution is -2.42. The first-order valence-electron chi connectivity index (χ1n) is 2.88. The van der Waals surface area contributed by atoms with Crippen molar-refractivity contribution in [3.8, 4) is 0 Å². The lowest BCUT2D eigenvalue weighted by Gasteiger charge is -2.18. The zero-order valence-electron chi connectivity index (χ0n) is 5.83. The average molecular weight is 157 g/mol. The number of alkyl halides is 3. The van der Waals surface area contributed by atoms with E-state index in [1.807, 2.05) is 5.32 Å². The summed E-state index contributed by atoms with van der Waals surface area (Å²) in [5.41, 5.74) is 0. The molecule has 0 bridgehead atoms. The SMILES string of the molecule is CCOC(NC)C(F)(F)F. The standard InChI is InChI=1S/C5H10F3NO/c1-3-10-4(9-2)5(6,7)8/h4,9H,3H2,1-2H3. The van der Waals surface area contributed by atoms with E-state index in [9.17, 15) is 13.2 Å². The second kappa shape index (κ2) is 3.78. The maximum Gasteiger partial charge on any atom is 0.428 e. The Morgan fingerprint density at radius 3 is 2.10 bits per heavy atom. The molecule has 2 nitrogen and oxygen atoms in total. The summed E-state index contributed by atoms with van der Waals surface area (Å²) in [7, 11) is 1.20. The van der Waals surface area contributed by atoms with Gasteiger partial charge >= 0.3 is 6.18 Å². The number of rotatable bonds is 3. The van der Waals surface area contributed by atoms with Gasteiger partial charge in [-0.15, -0.1) is 0 Å². The van der Waals surface area contributed by atoms with Crippen molar-refractivity contribution in [3.05, 3.63) is 0 Å². The molecule has 0 radical (unpaired) electrons. The van der Waals surface area contributed by atoms with E-state index in [0.717, 1.165) is 0 Å². The Bertz CT molecular complexity index is 93.4. The molecule has 0 aromatic carbocycles. The Hall–Kier alpha value is -0.290. The van der Waals surface area contributed by atoms with E-state index in [-0.39, 0.29) is 6.61 Å². The van der Waals surface area contributed by atoms with Gasteiger partial charge in [-0.3, -0.25) is 5.32 Å². The van der Waals surface area contributed by atoms with Crippen LogP contribution in [0.1, 0.15) is 6.92 Å². The van der Waals surface area contributed by atoms with E-state index >= 15 is 0 Å². The van der Waals surface area contributed by atoms with Crippen LogP contribution in [0.15, 0.2) is 0 Å². The third-order valence-corrected chi connectivity index (χ3v) is 0.893. The number of nitrogens with one attached hydrogen (secondary N) is 1. The van der Waals surface area contributed by atoms with Crippen molar-refractivity contribution in [2.24, 2.45) is 0 Å². The van der Waals surface area contributed by atoms with Crippen LogP contribution in [0.5, 0.6) is 0 Å². The fourth-order valence-electron chi connectivity index (χ4n) is 0.508. The fraction of sp³-hybridized carbons (Fsp3) is 1.00. The molecule has 0 spiro atoms. The summed E-state index contributed by atoms with van der Waals surface area (Å²) in [6.45, 7) is 1.56. The van der Waals surface area contributed by atoms with Crippen LogP contribution in [0, 0.1) is 0 Å². The molecule has 0 heterocycles. The van der Waals surface area contributed by atoms with Crippen molar-refractivity contribution >= 4 is 0 Å². The Morgan fingerprint density at radius 2 is 2.00 bits per heavy atom. The quantitative estimate of drug-likeness (QED) is 0.620. The zero-order valence-corrected chi connectivity index (χ0v) is 5.83. The molecule has 0 aliphatic heterocycles. The lowest BCUT2D eigenvalue weighted by atomic mass is 10.5. The van der Waals surface area contributed by atoms with Crippen LogP contribution >= 0.6 is 0 Å². The molecule has 62 valence electrons. The van der Waals surface area contributed by atoms with Crippen molar-refractivity contribution in [2.75, 3.05) is 13.7 Å². The van der Waals surface area contributed by atoms with Crippen molar-refractivity contribution in [2.45, 2.75) is 19.3 Å². The summed E-state index contributed by atoms with van der Waals surface area (Å²) in [5, 5.41) is 2.00. The van der Waals surface area contributed by atoms with Crippen LogP contribution in [0.3, 0.4) is 0 Å². The van der Waals surface area contributed by atoms with E-state index in [1.54, 1.807) is 0 Å². The third-order valence-electron chi connectivity index (χ3n) is 0.893. The summed E-state index contributed by atoms with van der Waals surface area (Å²) in [6.07, 6.45) is -6.15. The van der Waals surface area contributed by atoms with Crippen LogP contribution < -0.4 is 5.32 Å². The smallest absolute Gasteiger partial charge is 0.354 e. The number of hydrogen-bond donors (Lipinski definition) is 1. The normalized spacial score (nSPS) is 15.3. The van der Waals surface area contributed by atoms with Gasteiger partial charge in [0.15, 0.2) is 0 Å². The summed E-state index contributed by atoms with van der Waals surface area (Å²) in [6, 6.07) is 0. The monoisotopic (exact) mass is 157 g/mol. The van der Waals surface area contributed by atoms with E-state index in [2.05, 4.69) is 4.74 Å². The highest BCUT2D eigenvalue weighted by Gasteiger charge is 2.39. The lowest BCUT2D eigenvalue weighted by molar-refractivity contribution is -0.227. The van der Waals surface area contributed by atoms with Crippen LogP contribution in [0.2, 0.25) is 0 Å². The summed E-state index contributed by atoms with van der Waals surface area (Å²) < 4.78 is 39.5. The summed E-state index contributed by atoms with van der Waals surface area (Å²) in [5.74, 6) is 0. The van der Waals surface area contributed by atoms with E-state index < -0.39 is 12.4 Å². The largest absolute Gasteiger partial charge is 0.428 e. The van der Waals surface area contributed by atoms with Crippen LogP contribution in [0.25, 0.3) is 0 Å². The second-order valence-electron chi connectivity index (χ2n) is 1.67. The average Bonchev–Trinajstić information content (AvgIpc) is 1.80. The molecule has 0 saturated carbocycles. The minimum atomic E-state index is -4.31. The van der Waals surface area contributed by atoms with Gasteiger partial charge in [0.1, 0.15) is 0 Å². The van der Waals surface area contributed by atoms with E-state index in [4.69, 9.17) is 0 Å². The van der Waals surface area contributed by atoms with Gasteiger partial charge in [-0.2, -0.15) is 13.2 Å². The highest BCUT2D eigenvalue weighted by atomic mass is 19.4. The first-order chi connectivity index (χ1) is 4.52. The van der Waals surface area contributed by atoms with Gasteiger partial charge < -0.3 is 4.74 Å². The number of ether oxygens (including phenoxy) is 1. The van der Waals surface area contributed by atoms with Gasteiger partial charge in [0.2, 0.25) is 6.23 Å². The molecule has 0 aromatic heterocycles. The molecular weight excluding hydrogens is 147 g/mol. The number of halogens is 3. The molecule has 0 saturated heterocycles. The van der Waals surface area contributed by atoms with E-state index in [1.165, 1.54) is 14.0 Å². The molecule has 0 aromatic rings. The van der Waals surface area contributed by atoms with Crippen molar-refractivity contribution < 1.29 is 17.9 Å². The highest BCUT2D eigenvalue weighted by molar-refractivity contribution is 4.61. The van der Waals surface area contributed by atoms with Gasteiger partial charge in [0, 0.05) is 6.61 Å². The maximum absolute atomic E-state index is 11.7. The van der Waals surface area contributed by atoms with Gasteiger partial charge in [-0.1, -0.05) is 0 Å². The Morgan fingerprint density at radius 1 is 1.50 bits per heavy atom.